The van der Waals surface area contributed by atoms with Gasteiger partial charge in [0, 0.05) is 42.7 Å². The standard InChI is InChI=1S/C17H26N4S/c1-3-17-19-13(2)16(20-17)10-18-14-6-4-8-21(11-14)12-15-7-5-9-22-15/h5,7,9,14,18H,3-4,6,8,10-12H2,1-2H3,(H,19,20). The molecule has 0 saturated carbocycles. The van der Waals surface area contributed by atoms with Crippen LogP contribution in [0.1, 0.15) is 41.9 Å². The molecule has 0 spiro atoms. The fourth-order valence-electron chi connectivity index (χ4n) is 3.13. The van der Waals surface area contributed by atoms with Crippen LogP contribution >= 0.6 is 11.3 Å². The van der Waals surface area contributed by atoms with Crippen LogP contribution in [0.5, 0.6) is 0 Å². The van der Waals surface area contributed by atoms with E-state index in [0.29, 0.717) is 6.04 Å². The number of hydrogen-bond donors (Lipinski definition) is 2. The third-order valence-electron chi connectivity index (χ3n) is 4.39. The third-order valence-corrected chi connectivity index (χ3v) is 5.25. The smallest absolute Gasteiger partial charge is 0.106 e. The number of aryl methyl sites for hydroxylation is 2. The molecule has 1 saturated heterocycles. The van der Waals surface area contributed by atoms with Gasteiger partial charge in [-0.1, -0.05) is 13.0 Å². The molecule has 1 unspecified atom stereocenters. The molecule has 2 N–H and O–H groups in total. The molecular weight excluding hydrogens is 292 g/mol. The quantitative estimate of drug-likeness (QED) is 0.860. The van der Waals surface area contributed by atoms with Crippen molar-refractivity contribution in [3.63, 3.8) is 0 Å². The predicted octanol–water partition coefficient (Wildman–Crippen LogP) is 3.10. The Labute approximate surface area is 137 Å². The second-order valence-corrected chi connectivity index (χ2v) is 7.18. The van der Waals surface area contributed by atoms with Crippen molar-refractivity contribution in [1.82, 2.24) is 20.2 Å². The van der Waals surface area contributed by atoms with Crippen LogP contribution in [0.15, 0.2) is 17.5 Å². The number of imidazole rings is 1. The number of rotatable bonds is 6. The molecule has 1 fully saturated rings. The summed E-state index contributed by atoms with van der Waals surface area (Å²) >= 11 is 1.86. The first kappa shape index (κ1) is 15.7. The molecule has 120 valence electrons. The van der Waals surface area contributed by atoms with Gasteiger partial charge in [0.15, 0.2) is 0 Å². The zero-order valence-corrected chi connectivity index (χ0v) is 14.4. The Morgan fingerprint density at radius 3 is 3.14 bits per heavy atom. The highest BCUT2D eigenvalue weighted by Gasteiger charge is 2.20. The average molecular weight is 318 g/mol. The van der Waals surface area contributed by atoms with E-state index in [1.807, 2.05) is 11.3 Å². The lowest BCUT2D eigenvalue weighted by Crippen LogP contribution is -2.45. The molecule has 0 aromatic carbocycles. The molecule has 22 heavy (non-hydrogen) atoms. The first-order valence-corrected chi connectivity index (χ1v) is 9.15. The fraction of sp³-hybridized carbons (Fsp3) is 0.588. The molecule has 0 amide bonds. The summed E-state index contributed by atoms with van der Waals surface area (Å²) in [4.78, 5) is 12.1. The second-order valence-electron chi connectivity index (χ2n) is 6.14. The molecule has 0 aliphatic carbocycles. The van der Waals surface area contributed by atoms with Gasteiger partial charge in [-0.25, -0.2) is 4.98 Å². The van der Waals surface area contributed by atoms with Gasteiger partial charge >= 0.3 is 0 Å². The Bertz CT molecular complexity index is 576. The molecule has 1 aliphatic heterocycles. The zero-order chi connectivity index (χ0) is 15.4. The van der Waals surface area contributed by atoms with Gasteiger partial charge in [0.2, 0.25) is 0 Å². The molecule has 5 heteroatoms. The third kappa shape index (κ3) is 3.97. The van der Waals surface area contributed by atoms with E-state index < -0.39 is 0 Å². The Balaban J connectivity index is 1.50. The van der Waals surface area contributed by atoms with Gasteiger partial charge in [-0.2, -0.15) is 0 Å². The highest BCUT2D eigenvalue weighted by Crippen LogP contribution is 2.17. The second kappa shape index (κ2) is 7.40. The number of nitrogens with zero attached hydrogens (tertiary/aromatic N) is 2. The zero-order valence-electron chi connectivity index (χ0n) is 13.6. The van der Waals surface area contributed by atoms with Crippen LogP contribution < -0.4 is 5.32 Å². The summed E-state index contributed by atoms with van der Waals surface area (Å²) in [5.41, 5.74) is 2.38. The number of piperidine rings is 1. The largest absolute Gasteiger partial charge is 0.346 e. The van der Waals surface area contributed by atoms with Crippen molar-refractivity contribution in [3.05, 3.63) is 39.6 Å². The van der Waals surface area contributed by atoms with Crippen molar-refractivity contribution in [3.8, 4) is 0 Å². The summed E-state index contributed by atoms with van der Waals surface area (Å²) in [5, 5.41) is 5.87. The number of aromatic nitrogens is 2. The topological polar surface area (TPSA) is 44.0 Å². The highest BCUT2D eigenvalue weighted by molar-refractivity contribution is 7.09. The average Bonchev–Trinajstić information content (AvgIpc) is 3.15. The number of H-pyrrole nitrogens is 1. The molecule has 3 rings (SSSR count). The van der Waals surface area contributed by atoms with Crippen LogP contribution in [0.2, 0.25) is 0 Å². The van der Waals surface area contributed by atoms with Gasteiger partial charge in [0.1, 0.15) is 5.82 Å². The van der Waals surface area contributed by atoms with E-state index >= 15 is 0 Å². The summed E-state index contributed by atoms with van der Waals surface area (Å²) in [6, 6.07) is 4.96. The van der Waals surface area contributed by atoms with E-state index in [1.54, 1.807) is 0 Å². The Hall–Kier alpha value is -1.17. The maximum absolute atomic E-state index is 4.66. The minimum Gasteiger partial charge on any atom is -0.346 e. The van der Waals surface area contributed by atoms with Crippen LogP contribution in [0.3, 0.4) is 0 Å². The number of thiophene rings is 1. The maximum atomic E-state index is 4.66. The highest BCUT2D eigenvalue weighted by atomic mass is 32.1. The van der Waals surface area contributed by atoms with Crippen molar-refractivity contribution in [1.29, 1.82) is 0 Å². The molecule has 0 bridgehead atoms. The van der Waals surface area contributed by atoms with E-state index in [9.17, 15) is 0 Å². The van der Waals surface area contributed by atoms with Crippen LogP contribution in [-0.2, 0) is 19.5 Å². The Morgan fingerprint density at radius 1 is 1.50 bits per heavy atom. The van der Waals surface area contributed by atoms with Gasteiger partial charge in [0.25, 0.3) is 0 Å². The van der Waals surface area contributed by atoms with Gasteiger partial charge in [0.05, 0.1) is 5.69 Å². The first-order chi connectivity index (χ1) is 10.7. The molecule has 2 aromatic rings. The molecule has 1 atom stereocenters. The monoisotopic (exact) mass is 318 g/mol. The maximum Gasteiger partial charge on any atom is 0.106 e. The Kier molecular flexibility index (Phi) is 5.28. The summed E-state index contributed by atoms with van der Waals surface area (Å²) < 4.78 is 0. The van der Waals surface area contributed by atoms with E-state index in [-0.39, 0.29) is 0 Å². The minimum absolute atomic E-state index is 0.579. The number of aromatic amines is 1. The predicted molar refractivity (Wildman–Crippen MR) is 92.2 cm³/mol. The minimum atomic E-state index is 0.579. The van der Waals surface area contributed by atoms with Gasteiger partial charge < -0.3 is 10.3 Å². The molecule has 0 radical (unpaired) electrons. The van der Waals surface area contributed by atoms with Gasteiger partial charge in [-0.15, -0.1) is 11.3 Å². The summed E-state index contributed by atoms with van der Waals surface area (Å²) in [6.45, 7) is 8.59. The Morgan fingerprint density at radius 2 is 2.41 bits per heavy atom. The van der Waals surface area contributed by atoms with Crippen molar-refractivity contribution >= 4 is 11.3 Å². The normalized spacial score (nSPS) is 19.6. The van der Waals surface area contributed by atoms with Crippen LogP contribution in [0.25, 0.3) is 0 Å². The SMILES string of the molecule is CCc1nc(CNC2CCCN(Cc3cccs3)C2)c(C)[nH]1. The first-order valence-electron chi connectivity index (χ1n) is 8.27. The van der Waals surface area contributed by atoms with Crippen molar-refractivity contribution in [2.24, 2.45) is 0 Å². The molecule has 1 aliphatic rings. The van der Waals surface area contributed by atoms with Crippen LogP contribution in [0.4, 0.5) is 0 Å². The lowest BCUT2D eigenvalue weighted by Gasteiger charge is -2.32. The summed E-state index contributed by atoms with van der Waals surface area (Å²) in [6.07, 6.45) is 3.52. The van der Waals surface area contributed by atoms with E-state index in [2.05, 4.69) is 51.5 Å². The summed E-state index contributed by atoms with van der Waals surface area (Å²) in [5.74, 6) is 1.09. The van der Waals surface area contributed by atoms with Gasteiger partial charge in [-0.3, -0.25) is 4.90 Å². The molecule has 2 aromatic heterocycles. The van der Waals surface area contributed by atoms with E-state index in [4.69, 9.17) is 0 Å². The van der Waals surface area contributed by atoms with Gasteiger partial charge in [-0.05, 0) is 37.8 Å². The number of likely N-dealkylation sites (tertiary alicyclic amines) is 1. The lowest BCUT2D eigenvalue weighted by atomic mass is 10.1. The lowest BCUT2D eigenvalue weighted by molar-refractivity contribution is 0.184. The molecular formula is C17H26N4S. The fourth-order valence-corrected chi connectivity index (χ4v) is 3.88. The van der Waals surface area contributed by atoms with Crippen molar-refractivity contribution in [2.45, 2.75) is 52.2 Å². The number of hydrogen-bond acceptors (Lipinski definition) is 4. The van der Waals surface area contributed by atoms with E-state index in [1.165, 1.54) is 35.7 Å². The van der Waals surface area contributed by atoms with Crippen LogP contribution in [0, 0.1) is 6.92 Å². The van der Waals surface area contributed by atoms with Crippen molar-refractivity contribution < 1.29 is 0 Å². The summed E-state index contributed by atoms with van der Waals surface area (Å²) in [7, 11) is 0. The van der Waals surface area contributed by atoms with Crippen LogP contribution in [-0.4, -0.2) is 34.0 Å². The van der Waals surface area contributed by atoms with Crippen molar-refractivity contribution in [2.75, 3.05) is 13.1 Å². The van der Waals surface area contributed by atoms with E-state index in [0.717, 1.165) is 31.9 Å². The number of nitrogens with one attached hydrogen (secondary N) is 2. The molecule has 3 heterocycles. The molecule has 4 nitrogen and oxygen atoms in total.